The predicted molar refractivity (Wildman–Crippen MR) is 69.0 cm³/mol. The van der Waals surface area contributed by atoms with Crippen molar-refractivity contribution in [3.05, 3.63) is 47.7 Å². The molecule has 0 spiro atoms. The van der Waals surface area contributed by atoms with E-state index in [1.165, 1.54) is 18.3 Å². The molecular formula is C13H10F2N4O. The number of aromatic nitrogens is 3. The van der Waals surface area contributed by atoms with Gasteiger partial charge in [0.25, 0.3) is 0 Å². The van der Waals surface area contributed by atoms with Crippen molar-refractivity contribution in [2.75, 3.05) is 5.73 Å². The monoisotopic (exact) mass is 276 g/mol. The molecule has 0 saturated heterocycles. The molecule has 3 rings (SSSR count). The second-order valence-electron chi connectivity index (χ2n) is 4.25. The first-order valence-corrected chi connectivity index (χ1v) is 5.79. The summed E-state index contributed by atoms with van der Waals surface area (Å²) in [7, 11) is 0. The van der Waals surface area contributed by atoms with E-state index < -0.39 is 11.6 Å². The Morgan fingerprint density at radius 1 is 1.15 bits per heavy atom. The number of benzene rings is 1. The number of hydrogen-bond donors (Lipinski definition) is 2. The molecule has 0 saturated carbocycles. The summed E-state index contributed by atoms with van der Waals surface area (Å²) >= 11 is 0. The number of nitrogen functional groups attached to an aromatic ring is 1. The Balaban J connectivity index is 1.80. The van der Waals surface area contributed by atoms with E-state index >= 15 is 0 Å². The number of halogens is 2. The molecule has 0 radical (unpaired) electrons. The third-order valence-corrected chi connectivity index (χ3v) is 2.74. The Bertz CT molecular complexity index is 752. The van der Waals surface area contributed by atoms with E-state index in [1.54, 1.807) is 6.07 Å². The molecule has 3 N–H and O–H groups in total. The highest BCUT2D eigenvalue weighted by molar-refractivity contribution is 5.86. The van der Waals surface area contributed by atoms with Crippen LogP contribution in [0.15, 0.2) is 30.5 Å². The predicted octanol–water partition coefficient (Wildman–Crippen LogP) is 2.40. The first-order chi connectivity index (χ1) is 9.61. The summed E-state index contributed by atoms with van der Waals surface area (Å²) < 4.78 is 31.5. The van der Waals surface area contributed by atoms with Crippen LogP contribution in [0.1, 0.15) is 5.56 Å². The fraction of sp³-hybridized carbons (Fsp3) is 0.0769. The van der Waals surface area contributed by atoms with Crippen molar-refractivity contribution in [3.63, 3.8) is 0 Å². The second-order valence-corrected chi connectivity index (χ2v) is 4.25. The lowest BCUT2D eigenvalue weighted by Crippen LogP contribution is -1.97. The minimum atomic E-state index is -0.642. The van der Waals surface area contributed by atoms with Crippen molar-refractivity contribution < 1.29 is 13.5 Å². The van der Waals surface area contributed by atoms with Gasteiger partial charge in [0.05, 0.1) is 11.6 Å². The first-order valence-electron chi connectivity index (χ1n) is 5.79. The van der Waals surface area contributed by atoms with Crippen LogP contribution in [0.2, 0.25) is 0 Å². The van der Waals surface area contributed by atoms with E-state index in [0.29, 0.717) is 28.2 Å². The molecule has 0 unspecified atom stereocenters. The van der Waals surface area contributed by atoms with Crippen LogP contribution in [0.5, 0.6) is 5.75 Å². The van der Waals surface area contributed by atoms with Crippen LogP contribution in [-0.2, 0) is 6.61 Å². The molecule has 0 aliphatic rings. The molecule has 1 aromatic carbocycles. The lowest BCUT2D eigenvalue weighted by atomic mass is 10.2. The van der Waals surface area contributed by atoms with Crippen LogP contribution in [0.3, 0.4) is 0 Å². The highest BCUT2D eigenvalue weighted by Gasteiger charge is 2.06. The summed E-state index contributed by atoms with van der Waals surface area (Å²) in [6.07, 6.45) is 1.47. The summed E-state index contributed by atoms with van der Waals surface area (Å²) in [4.78, 5) is 4.05. The van der Waals surface area contributed by atoms with Crippen LogP contribution >= 0.6 is 0 Å². The lowest BCUT2D eigenvalue weighted by Gasteiger charge is -2.06. The van der Waals surface area contributed by atoms with Crippen molar-refractivity contribution in [1.82, 2.24) is 15.2 Å². The van der Waals surface area contributed by atoms with Gasteiger partial charge in [-0.25, -0.2) is 13.8 Å². The molecule has 102 valence electrons. The van der Waals surface area contributed by atoms with Gasteiger partial charge in [0.2, 0.25) is 0 Å². The molecular weight excluding hydrogens is 266 g/mol. The van der Waals surface area contributed by atoms with Crippen molar-refractivity contribution in [2.24, 2.45) is 0 Å². The quantitative estimate of drug-likeness (QED) is 0.770. The maximum Gasteiger partial charge on any atom is 0.183 e. The number of nitrogens with one attached hydrogen (secondary N) is 1. The number of rotatable bonds is 3. The maximum atomic E-state index is 13.0. The highest BCUT2D eigenvalue weighted by atomic mass is 19.1. The number of ether oxygens (including phenoxy) is 1. The van der Waals surface area contributed by atoms with E-state index in [-0.39, 0.29) is 6.61 Å². The molecule has 0 amide bonds. The summed E-state index contributed by atoms with van der Waals surface area (Å²) in [6.45, 7) is 0.0274. The first kappa shape index (κ1) is 12.3. The van der Waals surface area contributed by atoms with Crippen molar-refractivity contribution in [3.8, 4) is 5.75 Å². The zero-order chi connectivity index (χ0) is 14.1. The molecule has 0 atom stereocenters. The third kappa shape index (κ3) is 2.37. The van der Waals surface area contributed by atoms with E-state index in [1.807, 2.05) is 0 Å². The molecule has 5 nitrogen and oxygen atoms in total. The standard InChI is InChI=1S/C13H10F2N4O/c14-8-1-7(2-9(15)3-8)6-20-10-4-11-12(16)18-19-13(11)17-5-10/h1-5H,6H2,(H3,16,17,18,19). The summed E-state index contributed by atoms with van der Waals surface area (Å²) in [5.74, 6) is -0.461. The molecule has 0 aliphatic heterocycles. The van der Waals surface area contributed by atoms with Crippen LogP contribution < -0.4 is 10.5 Å². The smallest absolute Gasteiger partial charge is 0.183 e. The van der Waals surface area contributed by atoms with Crippen LogP contribution in [0, 0.1) is 11.6 Å². The van der Waals surface area contributed by atoms with Gasteiger partial charge in [0, 0.05) is 6.07 Å². The van der Waals surface area contributed by atoms with Crippen LogP contribution in [0.4, 0.5) is 14.6 Å². The van der Waals surface area contributed by atoms with Gasteiger partial charge < -0.3 is 10.5 Å². The SMILES string of the molecule is Nc1[nH]nc2ncc(OCc3cc(F)cc(F)c3)cc12. The topological polar surface area (TPSA) is 76.8 Å². The van der Waals surface area contributed by atoms with E-state index in [9.17, 15) is 8.78 Å². The Morgan fingerprint density at radius 3 is 2.65 bits per heavy atom. The molecule has 0 fully saturated rings. The van der Waals surface area contributed by atoms with E-state index in [2.05, 4.69) is 15.2 Å². The fourth-order valence-electron chi connectivity index (χ4n) is 1.84. The van der Waals surface area contributed by atoms with Gasteiger partial charge in [0.15, 0.2) is 5.65 Å². The minimum Gasteiger partial charge on any atom is -0.487 e. The van der Waals surface area contributed by atoms with Crippen LogP contribution in [-0.4, -0.2) is 15.2 Å². The largest absolute Gasteiger partial charge is 0.487 e. The Kier molecular flexibility index (Phi) is 2.94. The summed E-state index contributed by atoms with van der Waals surface area (Å²) in [6, 6.07) is 4.89. The Morgan fingerprint density at radius 2 is 1.90 bits per heavy atom. The van der Waals surface area contributed by atoms with Gasteiger partial charge >= 0.3 is 0 Å². The molecule has 3 aromatic rings. The molecule has 0 aliphatic carbocycles. The third-order valence-electron chi connectivity index (χ3n) is 2.74. The Labute approximate surface area is 112 Å². The molecule has 20 heavy (non-hydrogen) atoms. The minimum absolute atomic E-state index is 0.0274. The van der Waals surface area contributed by atoms with Crippen molar-refractivity contribution >= 4 is 16.9 Å². The molecule has 2 heterocycles. The molecule has 2 aromatic heterocycles. The number of pyridine rings is 1. The number of hydrogen-bond acceptors (Lipinski definition) is 4. The van der Waals surface area contributed by atoms with Gasteiger partial charge in [-0.05, 0) is 23.8 Å². The summed E-state index contributed by atoms with van der Waals surface area (Å²) in [5, 5.41) is 7.12. The van der Waals surface area contributed by atoms with Gasteiger partial charge in [-0.3, -0.25) is 5.10 Å². The number of aromatic amines is 1. The van der Waals surface area contributed by atoms with Crippen LogP contribution in [0.25, 0.3) is 11.0 Å². The van der Waals surface area contributed by atoms with Gasteiger partial charge in [-0.2, -0.15) is 5.10 Å². The van der Waals surface area contributed by atoms with Crippen molar-refractivity contribution in [1.29, 1.82) is 0 Å². The zero-order valence-electron chi connectivity index (χ0n) is 10.2. The number of H-pyrrole nitrogens is 1. The fourth-order valence-corrected chi connectivity index (χ4v) is 1.84. The number of nitrogens with two attached hydrogens (primary N) is 1. The normalized spacial score (nSPS) is 10.9. The van der Waals surface area contributed by atoms with Crippen molar-refractivity contribution in [2.45, 2.75) is 6.61 Å². The number of anilines is 1. The van der Waals surface area contributed by atoms with E-state index in [4.69, 9.17) is 10.5 Å². The van der Waals surface area contributed by atoms with E-state index in [0.717, 1.165) is 6.07 Å². The average molecular weight is 276 g/mol. The number of fused-ring (bicyclic) bond motifs is 1. The molecule has 0 bridgehead atoms. The van der Waals surface area contributed by atoms with Gasteiger partial charge in [-0.15, -0.1) is 0 Å². The second kappa shape index (κ2) is 4.76. The highest BCUT2D eigenvalue weighted by Crippen LogP contribution is 2.22. The van der Waals surface area contributed by atoms with Gasteiger partial charge in [0.1, 0.15) is 29.8 Å². The lowest BCUT2D eigenvalue weighted by molar-refractivity contribution is 0.304. The maximum absolute atomic E-state index is 13.0. The average Bonchev–Trinajstić information content (AvgIpc) is 2.77. The Hall–Kier alpha value is -2.70. The summed E-state index contributed by atoms with van der Waals surface area (Å²) in [5.41, 5.74) is 6.55. The number of nitrogens with zero attached hydrogens (tertiary/aromatic N) is 2. The van der Waals surface area contributed by atoms with Gasteiger partial charge in [-0.1, -0.05) is 0 Å². The zero-order valence-corrected chi connectivity index (χ0v) is 10.2. The molecule has 7 heteroatoms.